The first-order chi connectivity index (χ1) is 11.6. The average molecular weight is 345 g/mol. The molecule has 4 heterocycles. The summed E-state index contributed by atoms with van der Waals surface area (Å²) in [6.45, 7) is 3.30. The fourth-order valence-corrected chi connectivity index (χ4v) is 4.60. The van der Waals surface area contributed by atoms with Crippen LogP contribution in [0.2, 0.25) is 0 Å². The SMILES string of the molecule is CN(C(=O)c1csc(-c2ccc(F)cc2)n1)C1CN2CCC1CC2. The Kier molecular flexibility index (Phi) is 4.10. The summed E-state index contributed by atoms with van der Waals surface area (Å²) >= 11 is 1.42. The second-order valence-corrected chi connectivity index (χ2v) is 7.52. The van der Waals surface area contributed by atoms with E-state index >= 15 is 0 Å². The smallest absolute Gasteiger partial charge is 0.273 e. The molecule has 6 heteroatoms. The molecule has 3 aliphatic heterocycles. The molecule has 0 radical (unpaired) electrons. The van der Waals surface area contributed by atoms with Gasteiger partial charge in [0.05, 0.1) is 0 Å². The Bertz CT molecular complexity index is 737. The predicted octanol–water partition coefficient (Wildman–Crippen LogP) is 3.12. The zero-order valence-corrected chi connectivity index (χ0v) is 14.4. The standard InChI is InChI=1S/C18H20FN3OS/c1-21(16-10-22-8-6-12(16)7-9-22)18(23)15-11-24-17(20-15)13-2-4-14(19)5-3-13/h2-5,11-12,16H,6-10H2,1H3. The number of thiazole rings is 1. The van der Waals surface area contributed by atoms with Gasteiger partial charge in [-0.2, -0.15) is 0 Å². The number of halogens is 1. The van der Waals surface area contributed by atoms with Crippen molar-refractivity contribution in [2.75, 3.05) is 26.7 Å². The number of carbonyl (C=O) groups excluding carboxylic acids is 1. The largest absolute Gasteiger partial charge is 0.336 e. The van der Waals surface area contributed by atoms with E-state index in [9.17, 15) is 9.18 Å². The van der Waals surface area contributed by atoms with Crippen molar-refractivity contribution in [3.05, 3.63) is 41.2 Å². The van der Waals surface area contributed by atoms with E-state index in [0.29, 0.717) is 11.6 Å². The third-order valence-electron chi connectivity index (χ3n) is 5.25. The Morgan fingerprint density at radius 3 is 2.62 bits per heavy atom. The van der Waals surface area contributed by atoms with Crippen LogP contribution < -0.4 is 0 Å². The highest BCUT2D eigenvalue weighted by Gasteiger charge is 2.38. The second kappa shape index (κ2) is 6.26. The van der Waals surface area contributed by atoms with Gasteiger partial charge in [0.1, 0.15) is 16.5 Å². The summed E-state index contributed by atoms with van der Waals surface area (Å²) in [5.74, 6) is 0.325. The molecule has 0 N–H and O–H groups in total. The van der Waals surface area contributed by atoms with Gasteiger partial charge in [-0.1, -0.05) is 0 Å². The van der Waals surface area contributed by atoms with Gasteiger partial charge in [0, 0.05) is 30.6 Å². The molecule has 0 saturated carbocycles. The summed E-state index contributed by atoms with van der Waals surface area (Å²) in [5.41, 5.74) is 1.32. The van der Waals surface area contributed by atoms with E-state index in [1.807, 2.05) is 11.9 Å². The van der Waals surface area contributed by atoms with Crippen LogP contribution in [-0.2, 0) is 0 Å². The average Bonchev–Trinajstić information content (AvgIpc) is 3.12. The van der Waals surface area contributed by atoms with Crippen molar-refractivity contribution in [2.24, 2.45) is 5.92 Å². The first-order valence-electron chi connectivity index (χ1n) is 8.33. The number of nitrogens with zero attached hydrogens (tertiary/aromatic N) is 3. The third-order valence-corrected chi connectivity index (χ3v) is 6.15. The van der Waals surface area contributed by atoms with Gasteiger partial charge < -0.3 is 9.80 Å². The van der Waals surface area contributed by atoms with E-state index < -0.39 is 0 Å². The number of benzene rings is 1. The van der Waals surface area contributed by atoms with Gasteiger partial charge >= 0.3 is 0 Å². The fourth-order valence-electron chi connectivity index (χ4n) is 3.80. The van der Waals surface area contributed by atoms with Crippen LogP contribution >= 0.6 is 11.3 Å². The number of fused-ring (bicyclic) bond motifs is 3. The number of amides is 1. The number of hydrogen-bond acceptors (Lipinski definition) is 4. The summed E-state index contributed by atoms with van der Waals surface area (Å²) in [7, 11) is 1.89. The first-order valence-corrected chi connectivity index (χ1v) is 9.21. The maximum absolute atomic E-state index is 13.0. The van der Waals surface area contributed by atoms with Gasteiger partial charge in [0.15, 0.2) is 0 Å². The van der Waals surface area contributed by atoms with E-state index in [4.69, 9.17) is 0 Å². The lowest BCUT2D eigenvalue weighted by Crippen LogP contribution is -2.57. The Morgan fingerprint density at radius 2 is 2.00 bits per heavy atom. The van der Waals surface area contributed by atoms with Crippen LogP contribution in [0.4, 0.5) is 4.39 Å². The van der Waals surface area contributed by atoms with Crippen LogP contribution in [-0.4, -0.2) is 53.4 Å². The number of hydrogen-bond donors (Lipinski definition) is 0. The van der Waals surface area contributed by atoms with E-state index in [2.05, 4.69) is 9.88 Å². The lowest BCUT2D eigenvalue weighted by Gasteiger charge is -2.47. The molecule has 0 aliphatic carbocycles. The topological polar surface area (TPSA) is 36.4 Å². The zero-order chi connectivity index (χ0) is 16.7. The highest BCUT2D eigenvalue weighted by Crippen LogP contribution is 2.31. The minimum absolute atomic E-state index is 0.0154. The molecular weight excluding hydrogens is 325 g/mol. The molecule has 1 unspecified atom stereocenters. The molecule has 5 rings (SSSR count). The van der Waals surface area contributed by atoms with Gasteiger partial charge in [0.25, 0.3) is 5.91 Å². The van der Waals surface area contributed by atoms with E-state index in [0.717, 1.165) is 30.2 Å². The normalized spacial score (nSPS) is 25.7. The molecule has 126 valence electrons. The predicted molar refractivity (Wildman–Crippen MR) is 92.6 cm³/mol. The molecular formula is C18H20FN3OS. The molecule has 3 fully saturated rings. The summed E-state index contributed by atoms with van der Waals surface area (Å²) < 4.78 is 13.0. The van der Waals surface area contributed by atoms with Gasteiger partial charge in [-0.25, -0.2) is 9.37 Å². The van der Waals surface area contributed by atoms with Crippen LogP contribution in [0.25, 0.3) is 10.6 Å². The maximum atomic E-state index is 13.0. The van der Waals surface area contributed by atoms with Crippen molar-refractivity contribution in [1.82, 2.24) is 14.8 Å². The van der Waals surface area contributed by atoms with Gasteiger partial charge in [-0.05, 0) is 56.1 Å². The highest BCUT2D eigenvalue weighted by molar-refractivity contribution is 7.13. The molecule has 4 nitrogen and oxygen atoms in total. The summed E-state index contributed by atoms with van der Waals surface area (Å²) in [6, 6.07) is 6.50. The molecule has 1 atom stereocenters. The van der Waals surface area contributed by atoms with Gasteiger partial charge in [-0.3, -0.25) is 4.79 Å². The summed E-state index contributed by atoms with van der Waals surface area (Å²) in [4.78, 5) is 21.6. The zero-order valence-electron chi connectivity index (χ0n) is 13.6. The number of rotatable bonds is 3. The van der Waals surface area contributed by atoms with Crippen molar-refractivity contribution in [3.63, 3.8) is 0 Å². The molecule has 1 aromatic carbocycles. The van der Waals surface area contributed by atoms with Crippen LogP contribution in [0.5, 0.6) is 0 Å². The van der Waals surface area contributed by atoms with E-state index in [1.165, 1.54) is 36.3 Å². The minimum Gasteiger partial charge on any atom is -0.336 e. The van der Waals surface area contributed by atoms with Crippen molar-refractivity contribution < 1.29 is 9.18 Å². The maximum Gasteiger partial charge on any atom is 0.273 e. The Hall–Kier alpha value is -1.79. The lowest BCUT2D eigenvalue weighted by molar-refractivity contribution is 0.0159. The molecule has 2 bridgehead atoms. The third kappa shape index (κ3) is 2.84. The molecule has 1 aromatic heterocycles. The monoisotopic (exact) mass is 345 g/mol. The van der Waals surface area contributed by atoms with E-state index in [1.54, 1.807) is 17.5 Å². The van der Waals surface area contributed by atoms with Gasteiger partial charge in [0.2, 0.25) is 0 Å². The number of aromatic nitrogens is 1. The van der Waals surface area contributed by atoms with Crippen LogP contribution in [0.15, 0.2) is 29.6 Å². The van der Waals surface area contributed by atoms with Crippen LogP contribution in [0, 0.1) is 11.7 Å². The van der Waals surface area contributed by atoms with Crippen molar-refractivity contribution in [3.8, 4) is 10.6 Å². The quantitative estimate of drug-likeness (QED) is 0.858. The number of carbonyl (C=O) groups is 1. The van der Waals surface area contributed by atoms with Crippen molar-refractivity contribution in [2.45, 2.75) is 18.9 Å². The molecule has 0 spiro atoms. The molecule has 1 amide bonds. The Morgan fingerprint density at radius 1 is 1.29 bits per heavy atom. The first kappa shape index (κ1) is 15.7. The molecule has 24 heavy (non-hydrogen) atoms. The van der Waals surface area contributed by atoms with Crippen LogP contribution in [0.3, 0.4) is 0 Å². The molecule has 3 saturated heterocycles. The number of piperidine rings is 3. The summed E-state index contributed by atoms with van der Waals surface area (Å²) in [5, 5.41) is 2.56. The number of likely N-dealkylation sites (N-methyl/N-ethyl adjacent to an activating group) is 1. The minimum atomic E-state index is -0.270. The fraction of sp³-hybridized carbons (Fsp3) is 0.444. The second-order valence-electron chi connectivity index (χ2n) is 6.67. The van der Waals surface area contributed by atoms with Crippen LogP contribution in [0.1, 0.15) is 23.3 Å². The summed E-state index contributed by atoms with van der Waals surface area (Å²) in [6.07, 6.45) is 2.36. The van der Waals surface area contributed by atoms with Crippen molar-refractivity contribution >= 4 is 17.2 Å². The molecule has 3 aliphatic rings. The highest BCUT2D eigenvalue weighted by atomic mass is 32.1. The Labute approximate surface area is 144 Å². The Balaban J connectivity index is 1.51. The molecule has 2 aromatic rings. The lowest BCUT2D eigenvalue weighted by atomic mass is 9.83. The van der Waals surface area contributed by atoms with Crippen molar-refractivity contribution in [1.29, 1.82) is 0 Å². The van der Waals surface area contributed by atoms with Gasteiger partial charge in [-0.15, -0.1) is 11.3 Å². The van der Waals surface area contributed by atoms with E-state index in [-0.39, 0.29) is 17.8 Å².